The number of hydrogen-bond acceptors (Lipinski definition) is 3. The molecule has 0 heterocycles. The average molecular weight is 473 g/mol. The highest BCUT2D eigenvalue weighted by molar-refractivity contribution is 5.77. The van der Waals surface area contributed by atoms with E-state index in [-0.39, 0.29) is 39.1 Å². The van der Waals surface area contributed by atoms with Gasteiger partial charge in [-0.05, 0) is 103 Å². The van der Waals surface area contributed by atoms with E-state index in [0.29, 0.717) is 24.7 Å². The second-order valence-electron chi connectivity index (χ2n) is 15.2. The lowest BCUT2D eigenvalue weighted by Gasteiger charge is -2.71. The molecule has 192 valence electrons. The highest BCUT2D eigenvalue weighted by atomic mass is 16.4. The first-order valence-electron chi connectivity index (χ1n) is 13.9. The zero-order valence-electron chi connectivity index (χ0n) is 22.6. The summed E-state index contributed by atoms with van der Waals surface area (Å²) in [5.74, 6) is 0.0888. The fourth-order valence-electron chi connectivity index (χ4n) is 10.7. The molecule has 5 aliphatic carbocycles. The van der Waals surface area contributed by atoms with E-state index in [0.717, 1.165) is 44.9 Å². The first-order chi connectivity index (χ1) is 15.6. The molecule has 5 aliphatic rings. The third-order valence-corrected chi connectivity index (χ3v) is 13.1. The van der Waals surface area contributed by atoms with Crippen molar-refractivity contribution in [2.45, 2.75) is 118 Å². The fraction of sp³-hybridized carbons (Fsp3) is 0.900. The molecule has 4 heteroatoms. The van der Waals surface area contributed by atoms with Crippen LogP contribution in [0.1, 0.15) is 106 Å². The van der Waals surface area contributed by atoms with Crippen molar-refractivity contribution >= 4 is 5.97 Å². The van der Waals surface area contributed by atoms with Crippen LogP contribution in [0.4, 0.5) is 0 Å². The molecular formula is C30H48O4. The van der Waals surface area contributed by atoms with E-state index in [1.807, 2.05) is 0 Å². The van der Waals surface area contributed by atoms with E-state index >= 15 is 0 Å². The number of aliphatic hydroxyl groups is 2. The highest BCUT2D eigenvalue weighted by Crippen LogP contribution is 2.75. The number of carboxylic acid groups (broad SMARTS) is 1. The summed E-state index contributed by atoms with van der Waals surface area (Å²) in [6.45, 7) is 16.4. The molecule has 4 fully saturated rings. The molecule has 0 aromatic carbocycles. The van der Waals surface area contributed by atoms with Crippen LogP contribution >= 0.6 is 0 Å². The lowest BCUT2D eigenvalue weighted by molar-refractivity contribution is -0.218. The minimum Gasteiger partial charge on any atom is -0.481 e. The van der Waals surface area contributed by atoms with Gasteiger partial charge in [0.2, 0.25) is 0 Å². The Morgan fingerprint density at radius 1 is 0.853 bits per heavy atom. The minimum atomic E-state index is -1.04. The number of rotatable bonds is 1. The van der Waals surface area contributed by atoms with Gasteiger partial charge in [-0.25, -0.2) is 0 Å². The monoisotopic (exact) mass is 472 g/mol. The topological polar surface area (TPSA) is 77.8 Å². The molecule has 0 spiro atoms. The third kappa shape index (κ3) is 2.82. The van der Waals surface area contributed by atoms with Gasteiger partial charge in [0, 0.05) is 0 Å². The number of carboxylic acids is 1. The lowest BCUT2D eigenvalue weighted by Crippen LogP contribution is -2.67. The summed E-state index contributed by atoms with van der Waals surface area (Å²) < 4.78 is 0. The molecule has 0 amide bonds. The predicted molar refractivity (Wildman–Crippen MR) is 134 cm³/mol. The van der Waals surface area contributed by atoms with Gasteiger partial charge in [-0.15, -0.1) is 0 Å². The summed E-state index contributed by atoms with van der Waals surface area (Å²) in [5, 5.41) is 33.1. The molecular weight excluding hydrogens is 424 g/mol. The largest absolute Gasteiger partial charge is 0.481 e. The quantitative estimate of drug-likeness (QED) is 0.397. The number of fused-ring (bicyclic) bond motifs is 7. The van der Waals surface area contributed by atoms with Crippen LogP contribution in [0.5, 0.6) is 0 Å². The average Bonchev–Trinajstić information content (AvgIpc) is 2.71. The molecule has 0 aliphatic heterocycles. The summed E-state index contributed by atoms with van der Waals surface area (Å²) in [6, 6.07) is 0. The SMILES string of the molecule is CC1(C)CC[C@]2(C(=O)O)[C@@H](O)C[C@]3(C)C(=CC[C@@H]4[C@@]5(C)CC[C@H](O)C(C)(C)[C@@H]5CC[C@]43C)[C@@H]2C1. The molecule has 9 atom stereocenters. The summed E-state index contributed by atoms with van der Waals surface area (Å²) in [6.07, 6.45) is 9.35. The summed E-state index contributed by atoms with van der Waals surface area (Å²) >= 11 is 0. The first kappa shape index (κ1) is 24.8. The zero-order valence-corrected chi connectivity index (χ0v) is 22.6. The van der Waals surface area contributed by atoms with Crippen molar-refractivity contribution in [1.29, 1.82) is 0 Å². The van der Waals surface area contributed by atoms with E-state index in [9.17, 15) is 20.1 Å². The molecule has 0 unspecified atom stereocenters. The van der Waals surface area contributed by atoms with Gasteiger partial charge in [0.1, 0.15) is 5.41 Å². The Morgan fingerprint density at radius 3 is 2.18 bits per heavy atom. The van der Waals surface area contributed by atoms with Crippen LogP contribution in [-0.2, 0) is 4.79 Å². The van der Waals surface area contributed by atoms with Gasteiger partial charge < -0.3 is 15.3 Å². The normalized spacial score (nSPS) is 53.4. The number of allylic oxidation sites excluding steroid dienone is 2. The van der Waals surface area contributed by atoms with Crippen LogP contribution in [0.25, 0.3) is 0 Å². The van der Waals surface area contributed by atoms with Crippen LogP contribution in [0.15, 0.2) is 11.6 Å². The van der Waals surface area contributed by atoms with Crippen molar-refractivity contribution in [2.75, 3.05) is 0 Å². The molecule has 4 nitrogen and oxygen atoms in total. The van der Waals surface area contributed by atoms with Crippen molar-refractivity contribution in [3.8, 4) is 0 Å². The maximum Gasteiger partial charge on any atom is 0.312 e. The number of carbonyl (C=O) groups is 1. The van der Waals surface area contributed by atoms with Crippen molar-refractivity contribution < 1.29 is 20.1 Å². The van der Waals surface area contributed by atoms with Crippen molar-refractivity contribution in [3.63, 3.8) is 0 Å². The predicted octanol–water partition coefficient (Wildman–Crippen LogP) is 6.20. The molecule has 0 bridgehead atoms. The Labute approximate surface area is 206 Å². The van der Waals surface area contributed by atoms with Gasteiger partial charge in [0.15, 0.2) is 0 Å². The maximum absolute atomic E-state index is 12.8. The Hall–Kier alpha value is -0.870. The van der Waals surface area contributed by atoms with Crippen molar-refractivity contribution in [3.05, 3.63) is 11.6 Å². The molecule has 34 heavy (non-hydrogen) atoms. The highest BCUT2D eigenvalue weighted by Gasteiger charge is 2.71. The maximum atomic E-state index is 12.8. The summed E-state index contributed by atoms with van der Waals surface area (Å²) in [4.78, 5) is 12.8. The van der Waals surface area contributed by atoms with Crippen molar-refractivity contribution in [1.82, 2.24) is 0 Å². The van der Waals surface area contributed by atoms with E-state index in [1.165, 1.54) is 5.57 Å². The van der Waals surface area contributed by atoms with E-state index < -0.39 is 17.5 Å². The zero-order chi connectivity index (χ0) is 25.1. The summed E-state index contributed by atoms with van der Waals surface area (Å²) in [7, 11) is 0. The Morgan fingerprint density at radius 2 is 1.53 bits per heavy atom. The van der Waals surface area contributed by atoms with Gasteiger partial charge in [-0.3, -0.25) is 4.79 Å². The second-order valence-corrected chi connectivity index (χ2v) is 15.2. The van der Waals surface area contributed by atoms with E-state index in [4.69, 9.17) is 0 Å². The second kappa shape index (κ2) is 7.12. The Balaban J connectivity index is 1.63. The van der Waals surface area contributed by atoms with Crippen molar-refractivity contribution in [2.24, 2.45) is 50.2 Å². The van der Waals surface area contributed by atoms with E-state index in [2.05, 4.69) is 54.5 Å². The van der Waals surface area contributed by atoms with Crippen LogP contribution in [0.2, 0.25) is 0 Å². The molecule has 0 radical (unpaired) electrons. The van der Waals surface area contributed by atoms with Gasteiger partial charge in [-0.2, -0.15) is 0 Å². The van der Waals surface area contributed by atoms with Crippen LogP contribution in [0, 0.1) is 50.2 Å². The number of aliphatic hydroxyl groups excluding tert-OH is 2. The number of hydrogen-bond donors (Lipinski definition) is 3. The molecule has 0 saturated heterocycles. The Kier molecular flexibility index (Phi) is 5.20. The standard InChI is InChI=1S/C30H48O4/c1-25(2)14-15-30(24(33)34)19(16-25)18-8-9-21-27(5)12-11-22(31)26(3,4)20(27)10-13-28(21,6)29(18,7)17-23(30)32/h8,19-23,31-32H,9-17H2,1-7H3,(H,33,34)/t19-,20-,21+,22-,23-,27-,28+,29+,30+/m0/s1. The summed E-state index contributed by atoms with van der Waals surface area (Å²) in [5.41, 5.74) is 0.295. The number of aliphatic carboxylic acids is 1. The molecule has 5 rings (SSSR count). The molecule has 0 aromatic rings. The van der Waals surface area contributed by atoms with Crippen LogP contribution in [-0.4, -0.2) is 33.5 Å². The van der Waals surface area contributed by atoms with Gasteiger partial charge in [0.25, 0.3) is 0 Å². The molecule has 4 saturated carbocycles. The fourth-order valence-corrected chi connectivity index (χ4v) is 10.7. The third-order valence-electron chi connectivity index (χ3n) is 13.1. The lowest BCUT2D eigenvalue weighted by atomic mass is 9.33. The van der Waals surface area contributed by atoms with Gasteiger partial charge in [0.05, 0.1) is 12.2 Å². The minimum absolute atomic E-state index is 0.0218. The molecule has 0 aromatic heterocycles. The van der Waals surface area contributed by atoms with Gasteiger partial charge in [-0.1, -0.05) is 60.1 Å². The van der Waals surface area contributed by atoms with Gasteiger partial charge >= 0.3 is 5.97 Å². The molecule has 3 N–H and O–H groups in total. The van der Waals surface area contributed by atoms with Crippen LogP contribution < -0.4 is 0 Å². The van der Waals surface area contributed by atoms with Crippen LogP contribution in [0.3, 0.4) is 0 Å². The Bertz CT molecular complexity index is 919. The van der Waals surface area contributed by atoms with E-state index in [1.54, 1.807) is 0 Å². The first-order valence-corrected chi connectivity index (χ1v) is 13.9. The smallest absolute Gasteiger partial charge is 0.312 e.